The third-order valence-electron chi connectivity index (χ3n) is 2.29. The highest BCUT2D eigenvalue weighted by atomic mass is 19.1. The molecule has 82 valence electrons. The average molecular weight is 208 g/mol. The summed E-state index contributed by atoms with van der Waals surface area (Å²) in [6.45, 7) is 6.08. The molecule has 0 saturated carbocycles. The molecule has 0 aliphatic heterocycles. The molecule has 2 N–H and O–H groups in total. The lowest BCUT2D eigenvalue weighted by Crippen LogP contribution is -2.21. The minimum absolute atomic E-state index is 0.178. The molecule has 15 heavy (non-hydrogen) atoms. The lowest BCUT2D eigenvalue weighted by Gasteiger charge is -2.23. The Labute approximate surface area is 90.2 Å². The first kappa shape index (κ1) is 11.7. The highest BCUT2D eigenvalue weighted by Gasteiger charge is 2.14. The second-order valence-electron chi connectivity index (χ2n) is 3.64. The van der Waals surface area contributed by atoms with Crippen molar-refractivity contribution in [2.45, 2.75) is 13.0 Å². The molecule has 1 aromatic rings. The fraction of sp³-hybridized carbons (Fsp3) is 0.333. The molecule has 2 nitrogen and oxygen atoms in total. The molecule has 0 spiro atoms. The van der Waals surface area contributed by atoms with Gasteiger partial charge in [-0.25, -0.2) is 4.39 Å². The lowest BCUT2D eigenvalue weighted by atomic mass is 10.1. The zero-order valence-corrected chi connectivity index (χ0v) is 9.20. The van der Waals surface area contributed by atoms with Crippen molar-refractivity contribution in [1.29, 1.82) is 0 Å². The molecule has 0 unspecified atom stereocenters. The van der Waals surface area contributed by atoms with Crippen molar-refractivity contribution in [3.05, 3.63) is 42.2 Å². The van der Waals surface area contributed by atoms with Crippen LogP contribution < -0.4 is 10.6 Å². The highest BCUT2D eigenvalue weighted by molar-refractivity contribution is 5.55. The van der Waals surface area contributed by atoms with Gasteiger partial charge < -0.3 is 10.6 Å². The third kappa shape index (κ3) is 2.57. The Hall–Kier alpha value is -1.35. The van der Waals surface area contributed by atoms with Crippen molar-refractivity contribution >= 4 is 5.69 Å². The van der Waals surface area contributed by atoms with Gasteiger partial charge in [0.05, 0.1) is 5.69 Å². The number of rotatable bonds is 4. The Morgan fingerprint density at radius 1 is 1.60 bits per heavy atom. The fourth-order valence-electron chi connectivity index (χ4n) is 1.59. The van der Waals surface area contributed by atoms with E-state index in [-0.39, 0.29) is 11.9 Å². The number of hydrogen-bond donors (Lipinski definition) is 1. The van der Waals surface area contributed by atoms with Crippen LogP contribution in [-0.4, -0.2) is 13.6 Å². The number of halogens is 1. The highest BCUT2D eigenvalue weighted by Crippen LogP contribution is 2.27. The molecule has 0 amide bonds. The Morgan fingerprint density at radius 3 is 2.80 bits per heavy atom. The summed E-state index contributed by atoms with van der Waals surface area (Å²) < 4.78 is 13.7. The second kappa shape index (κ2) is 4.94. The van der Waals surface area contributed by atoms with Crippen LogP contribution in [0.2, 0.25) is 0 Å². The molecular formula is C12H17FN2. The average Bonchev–Trinajstić information content (AvgIpc) is 2.17. The monoisotopic (exact) mass is 208 g/mol. The van der Waals surface area contributed by atoms with Gasteiger partial charge in [0.1, 0.15) is 5.82 Å². The summed E-state index contributed by atoms with van der Waals surface area (Å²) in [5.41, 5.74) is 7.18. The van der Waals surface area contributed by atoms with Crippen molar-refractivity contribution in [2.24, 2.45) is 5.73 Å². The smallest absolute Gasteiger partial charge is 0.146 e. The van der Waals surface area contributed by atoms with Crippen LogP contribution in [-0.2, 0) is 0 Å². The first-order valence-electron chi connectivity index (χ1n) is 4.94. The van der Waals surface area contributed by atoms with E-state index in [1.807, 2.05) is 20.0 Å². The van der Waals surface area contributed by atoms with E-state index in [9.17, 15) is 4.39 Å². The number of hydrogen-bond acceptors (Lipinski definition) is 2. The Kier molecular flexibility index (Phi) is 3.86. The first-order chi connectivity index (χ1) is 7.07. The summed E-state index contributed by atoms with van der Waals surface area (Å²) in [6.07, 6.45) is 1.73. The van der Waals surface area contributed by atoms with Gasteiger partial charge in [-0.2, -0.15) is 0 Å². The fourth-order valence-corrected chi connectivity index (χ4v) is 1.59. The van der Waals surface area contributed by atoms with Crippen molar-refractivity contribution in [3.63, 3.8) is 0 Å². The zero-order chi connectivity index (χ0) is 11.4. The van der Waals surface area contributed by atoms with Crippen LogP contribution in [0, 0.1) is 5.82 Å². The molecule has 3 heteroatoms. The quantitative estimate of drug-likeness (QED) is 0.770. The van der Waals surface area contributed by atoms with E-state index in [2.05, 4.69) is 6.58 Å². The molecular weight excluding hydrogens is 191 g/mol. The van der Waals surface area contributed by atoms with E-state index in [0.717, 1.165) is 5.56 Å². The van der Waals surface area contributed by atoms with Gasteiger partial charge in [0.25, 0.3) is 0 Å². The van der Waals surface area contributed by atoms with Gasteiger partial charge >= 0.3 is 0 Å². The third-order valence-corrected chi connectivity index (χ3v) is 2.29. The van der Waals surface area contributed by atoms with Gasteiger partial charge in [0, 0.05) is 19.6 Å². The molecule has 0 saturated heterocycles. The maximum atomic E-state index is 13.7. The van der Waals surface area contributed by atoms with E-state index in [1.54, 1.807) is 17.0 Å². The summed E-state index contributed by atoms with van der Waals surface area (Å²) in [5.74, 6) is -0.242. The standard InChI is InChI=1S/C12H17FN2/c1-4-8-15(3)12-10(9(2)14)6-5-7-11(12)13/h4-7,9H,1,8,14H2,2-3H3/t9-/m1/s1. The van der Waals surface area contributed by atoms with Gasteiger partial charge in [-0.3, -0.25) is 0 Å². The molecule has 0 bridgehead atoms. The van der Waals surface area contributed by atoms with Crippen LogP contribution in [0.15, 0.2) is 30.9 Å². The minimum atomic E-state index is -0.242. The van der Waals surface area contributed by atoms with Crippen LogP contribution in [0.5, 0.6) is 0 Å². The lowest BCUT2D eigenvalue weighted by molar-refractivity contribution is 0.619. The van der Waals surface area contributed by atoms with Crippen LogP contribution in [0.1, 0.15) is 18.5 Å². The van der Waals surface area contributed by atoms with Gasteiger partial charge in [-0.15, -0.1) is 6.58 Å². The van der Waals surface area contributed by atoms with E-state index in [4.69, 9.17) is 5.73 Å². The first-order valence-corrected chi connectivity index (χ1v) is 4.94. The normalized spacial score (nSPS) is 12.3. The maximum absolute atomic E-state index is 13.7. The van der Waals surface area contributed by atoms with Crippen molar-refractivity contribution in [2.75, 3.05) is 18.5 Å². The number of likely N-dealkylation sites (N-methyl/N-ethyl adjacent to an activating group) is 1. The molecule has 1 rings (SSSR count). The summed E-state index contributed by atoms with van der Waals surface area (Å²) in [5, 5.41) is 0. The Bertz CT molecular complexity index is 347. The number of para-hydroxylation sites is 1. The summed E-state index contributed by atoms with van der Waals surface area (Å²) in [6, 6.07) is 4.80. The minimum Gasteiger partial charge on any atom is -0.368 e. The summed E-state index contributed by atoms with van der Waals surface area (Å²) in [7, 11) is 1.83. The maximum Gasteiger partial charge on any atom is 0.146 e. The van der Waals surface area contributed by atoms with Crippen molar-refractivity contribution in [3.8, 4) is 0 Å². The van der Waals surface area contributed by atoms with Gasteiger partial charge in [0.2, 0.25) is 0 Å². The molecule has 0 aromatic heterocycles. The predicted octanol–water partition coefficient (Wildman–Crippen LogP) is 2.47. The topological polar surface area (TPSA) is 29.3 Å². The second-order valence-corrected chi connectivity index (χ2v) is 3.64. The van der Waals surface area contributed by atoms with Gasteiger partial charge in [0.15, 0.2) is 0 Å². The zero-order valence-electron chi connectivity index (χ0n) is 9.20. The van der Waals surface area contributed by atoms with E-state index in [1.165, 1.54) is 6.07 Å². The largest absolute Gasteiger partial charge is 0.368 e. The van der Waals surface area contributed by atoms with E-state index in [0.29, 0.717) is 12.2 Å². The van der Waals surface area contributed by atoms with E-state index < -0.39 is 0 Å². The molecule has 0 radical (unpaired) electrons. The predicted molar refractivity (Wildman–Crippen MR) is 62.5 cm³/mol. The number of benzene rings is 1. The van der Waals surface area contributed by atoms with Crippen LogP contribution in [0.25, 0.3) is 0 Å². The van der Waals surface area contributed by atoms with E-state index >= 15 is 0 Å². The number of nitrogens with zero attached hydrogens (tertiary/aromatic N) is 1. The molecule has 0 aliphatic carbocycles. The Morgan fingerprint density at radius 2 is 2.27 bits per heavy atom. The van der Waals surface area contributed by atoms with Crippen LogP contribution in [0.3, 0.4) is 0 Å². The van der Waals surface area contributed by atoms with Gasteiger partial charge in [-0.1, -0.05) is 18.2 Å². The number of anilines is 1. The van der Waals surface area contributed by atoms with Crippen LogP contribution in [0.4, 0.5) is 10.1 Å². The van der Waals surface area contributed by atoms with Gasteiger partial charge in [-0.05, 0) is 18.6 Å². The SMILES string of the molecule is C=CCN(C)c1c(F)cccc1[C@@H](C)N. The summed E-state index contributed by atoms with van der Waals surface area (Å²) >= 11 is 0. The molecule has 1 aromatic carbocycles. The Balaban J connectivity index is 3.17. The molecule has 1 atom stereocenters. The number of nitrogens with two attached hydrogens (primary N) is 1. The molecule has 0 heterocycles. The van der Waals surface area contributed by atoms with Crippen molar-refractivity contribution in [1.82, 2.24) is 0 Å². The summed E-state index contributed by atoms with van der Waals surface area (Å²) in [4.78, 5) is 1.81. The molecule has 0 aliphatic rings. The van der Waals surface area contributed by atoms with Crippen LogP contribution >= 0.6 is 0 Å². The van der Waals surface area contributed by atoms with Crippen molar-refractivity contribution < 1.29 is 4.39 Å². The molecule has 0 fully saturated rings.